The van der Waals surface area contributed by atoms with Gasteiger partial charge in [-0.25, -0.2) is 18.5 Å². The van der Waals surface area contributed by atoms with Crippen molar-refractivity contribution in [2.24, 2.45) is 16.0 Å². The van der Waals surface area contributed by atoms with E-state index in [4.69, 9.17) is 5.14 Å². The van der Waals surface area contributed by atoms with E-state index in [2.05, 4.69) is 31.1 Å². The van der Waals surface area contributed by atoms with Gasteiger partial charge in [-0.1, -0.05) is 26.8 Å². The topological polar surface area (TPSA) is 105 Å². The fourth-order valence-electron chi connectivity index (χ4n) is 3.69. The van der Waals surface area contributed by atoms with Crippen molar-refractivity contribution in [2.45, 2.75) is 51.2 Å². The minimum absolute atomic E-state index is 0.0690. The van der Waals surface area contributed by atoms with Crippen LogP contribution < -0.4 is 10.5 Å². The number of hydrogen-bond donors (Lipinski definition) is 3. The van der Waals surface area contributed by atoms with E-state index in [1.807, 2.05) is 0 Å². The third-order valence-electron chi connectivity index (χ3n) is 4.13. The number of rotatable bonds is 4. The van der Waals surface area contributed by atoms with Crippen molar-refractivity contribution in [1.82, 2.24) is 4.98 Å². The number of nitrogens with two attached hydrogens (primary N) is 1. The molecule has 0 radical (unpaired) electrons. The molecule has 1 aromatic heterocycles. The number of primary sulfonamides is 1. The predicted octanol–water partition coefficient (Wildman–Crippen LogP) is 1.72. The first-order valence-corrected chi connectivity index (χ1v) is 8.96. The number of nitrogens with zero attached hydrogens (tertiary/aromatic N) is 1. The Morgan fingerprint density at radius 1 is 1.36 bits per heavy atom. The third-order valence-corrected chi connectivity index (χ3v) is 4.94. The van der Waals surface area contributed by atoms with Crippen molar-refractivity contribution in [3.05, 3.63) is 18.2 Å². The van der Waals surface area contributed by atoms with Gasteiger partial charge >= 0.3 is 0 Å². The molecule has 0 aromatic carbocycles. The fraction of sp³-hybridized carbons (Fsp3) is 0.667. The molecule has 2 atom stereocenters. The summed E-state index contributed by atoms with van der Waals surface area (Å²) in [4.78, 5) is 4.03. The first kappa shape index (κ1) is 17.2. The van der Waals surface area contributed by atoms with Gasteiger partial charge in [0.2, 0.25) is 0 Å². The lowest BCUT2D eigenvalue weighted by Gasteiger charge is -2.45. The van der Waals surface area contributed by atoms with Crippen LogP contribution in [0.1, 0.15) is 40.0 Å². The van der Waals surface area contributed by atoms with Gasteiger partial charge in [-0.15, -0.1) is 0 Å². The second-order valence-electron chi connectivity index (χ2n) is 7.47. The van der Waals surface area contributed by atoms with Gasteiger partial charge < -0.3 is 10.4 Å². The van der Waals surface area contributed by atoms with E-state index in [1.165, 1.54) is 6.07 Å². The van der Waals surface area contributed by atoms with E-state index < -0.39 is 10.0 Å². The highest BCUT2D eigenvalue weighted by Gasteiger charge is 2.40. The number of aromatic nitrogens is 1. The van der Waals surface area contributed by atoms with Crippen LogP contribution in [0.4, 0.5) is 5.82 Å². The summed E-state index contributed by atoms with van der Waals surface area (Å²) in [5.41, 5.74) is 0.0183. The molecule has 1 heterocycles. The molecule has 1 aliphatic rings. The molecule has 1 saturated carbocycles. The number of pyridine rings is 1. The van der Waals surface area contributed by atoms with Crippen molar-refractivity contribution in [2.75, 3.05) is 11.9 Å². The third kappa shape index (κ3) is 4.41. The predicted molar refractivity (Wildman–Crippen MR) is 85.8 cm³/mol. The van der Waals surface area contributed by atoms with Crippen LogP contribution in [-0.4, -0.2) is 31.2 Å². The summed E-state index contributed by atoms with van der Waals surface area (Å²) in [6.45, 7) is 7.07. The van der Waals surface area contributed by atoms with E-state index in [0.717, 1.165) is 19.3 Å². The second-order valence-corrected chi connectivity index (χ2v) is 8.98. The fourth-order valence-corrected chi connectivity index (χ4v) is 4.18. The monoisotopic (exact) mass is 327 g/mol. The molecule has 0 bridgehead atoms. The zero-order valence-electron chi connectivity index (χ0n) is 13.3. The minimum atomic E-state index is -3.80. The molecule has 1 aliphatic carbocycles. The summed E-state index contributed by atoms with van der Waals surface area (Å²) in [7, 11) is -3.80. The quantitative estimate of drug-likeness (QED) is 0.781. The molecular formula is C15H25N3O3S. The van der Waals surface area contributed by atoms with Gasteiger partial charge in [0.1, 0.15) is 5.82 Å². The van der Waals surface area contributed by atoms with E-state index in [9.17, 15) is 13.5 Å². The highest BCUT2D eigenvalue weighted by Crippen LogP contribution is 2.46. The van der Waals surface area contributed by atoms with Crippen LogP contribution in [0, 0.1) is 10.8 Å². The van der Waals surface area contributed by atoms with Crippen LogP contribution in [0.25, 0.3) is 0 Å². The molecule has 1 aromatic rings. The number of sulfonamides is 1. The van der Waals surface area contributed by atoms with E-state index in [-0.39, 0.29) is 22.0 Å². The van der Waals surface area contributed by atoms with Crippen LogP contribution in [0.2, 0.25) is 0 Å². The molecule has 0 spiro atoms. The van der Waals surface area contributed by atoms with Gasteiger partial charge in [-0.05, 0) is 42.2 Å². The van der Waals surface area contributed by atoms with Crippen molar-refractivity contribution in [1.29, 1.82) is 0 Å². The Kier molecular flexibility index (Phi) is 4.52. The summed E-state index contributed by atoms with van der Waals surface area (Å²) >= 11 is 0. The number of hydrogen-bond acceptors (Lipinski definition) is 5. The highest BCUT2D eigenvalue weighted by atomic mass is 32.2. The second kappa shape index (κ2) is 5.79. The van der Waals surface area contributed by atoms with Gasteiger partial charge in [-0.3, -0.25) is 0 Å². The summed E-state index contributed by atoms with van der Waals surface area (Å²) in [5, 5.41) is 18.2. The Bertz CT molecular complexity index is 645. The number of nitrogens with one attached hydrogen (secondary N) is 1. The van der Waals surface area contributed by atoms with Crippen molar-refractivity contribution in [3.8, 4) is 0 Å². The molecule has 22 heavy (non-hydrogen) atoms. The molecule has 0 amide bonds. The highest BCUT2D eigenvalue weighted by molar-refractivity contribution is 7.89. The standard InChI is InChI=1S/C15H25N3O3S/c1-14(2)7-11(19)8-15(3,9-14)10-17-12-5-4-6-13(18-12)22(16,20)21/h4-6,11,19H,7-10H2,1-3H3,(H,17,18)(H2,16,20,21). The van der Waals surface area contributed by atoms with Crippen molar-refractivity contribution in [3.63, 3.8) is 0 Å². The summed E-state index contributed by atoms with van der Waals surface area (Å²) in [6.07, 6.45) is 2.21. The smallest absolute Gasteiger partial charge is 0.255 e. The van der Waals surface area contributed by atoms with E-state index in [1.54, 1.807) is 12.1 Å². The molecule has 2 unspecified atom stereocenters. The molecule has 0 saturated heterocycles. The average Bonchev–Trinajstić information content (AvgIpc) is 2.33. The van der Waals surface area contributed by atoms with Gasteiger partial charge in [0.05, 0.1) is 6.10 Å². The molecule has 4 N–H and O–H groups in total. The van der Waals surface area contributed by atoms with Crippen molar-refractivity contribution >= 4 is 15.8 Å². The number of anilines is 1. The van der Waals surface area contributed by atoms with E-state index in [0.29, 0.717) is 12.4 Å². The van der Waals surface area contributed by atoms with Crippen LogP contribution in [-0.2, 0) is 10.0 Å². The molecule has 1 fully saturated rings. The number of aliphatic hydroxyl groups is 1. The average molecular weight is 327 g/mol. The first-order chi connectivity index (χ1) is 9.99. The van der Waals surface area contributed by atoms with Crippen molar-refractivity contribution < 1.29 is 13.5 Å². The lowest BCUT2D eigenvalue weighted by atomic mass is 9.63. The van der Waals surface area contributed by atoms with E-state index >= 15 is 0 Å². The maximum Gasteiger partial charge on any atom is 0.255 e. The Labute approximate surface area is 132 Å². The Morgan fingerprint density at radius 3 is 2.64 bits per heavy atom. The van der Waals surface area contributed by atoms with Crippen LogP contribution in [0.15, 0.2) is 23.2 Å². The van der Waals surface area contributed by atoms with Crippen LogP contribution in [0.3, 0.4) is 0 Å². The molecule has 124 valence electrons. The molecular weight excluding hydrogens is 302 g/mol. The summed E-state index contributed by atoms with van der Waals surface area (Å²) < 4.78 is 22.7. The van der Waals surface area contributed by atoms with Gasteiger partial charge in [0.25, 0.3) is 10.0 Å². The SMILES string of the molecule is CC1(C)CC(O)CC(C)(CNc2cccc(S(N)(=O)=O)n2)C1. The Morgan fingerprint density at radius 2 is 2.05 bits per heavy atom. The zero-order valence-corrected chi connectivity index (χ0v) is 14.2. The molecule has 6 nitrogen and oxygen atoms in total. The number of aliphatic hydroxyl groups excluding tert-OH is 1. The maximum absolute atomic E-state index is 11.3. The van der Waals surface area contributed by atoms with Gasteiger partial charge in [0, 0.05) is 6.54 Å². The maximum atomic E-state index is 11.3. The summed E-state index contributed by atoms with van der Waals surface area (Å²) in [6, 6.07) is 4.69. The normalized spacial score (nSPS) is 28.3. The van der Waals surface area contributed by atoms with Gasteiger partial charge in [0.15, 0.2) is 5.03 Å². The molecule has 2 rings (SSSR count). The first-order valence-electron chi connectivity index (χ1n) is 7.41. The summed E-state index contributed by atoms with van der Waals surface area (Å²) in [5.74, 6) is 0.477. The lowest BCUT2D eigenvalue weighted by molar-refractivity contribution is -0.00321. The molecule has 7 heteroatoms. The lowest BCUT2D eigenvalue weighted by Crippen LogP contribution is -2.42. The largest absolute Gasteiger partial charge is 0.393 e. The minimum Gasteiger partial charge on any atom is -0.393 e. The molecule has 0 aliphatic heterocycles. The Balaban J connectivity index is 2.09. The van der Waals surface area contributed by atoms with Crippen LogP contribution in [0.5, 0.6) is 0 Å². The zero-order chi connectivity index (χ0) is 16.6. The van der Waals surface area contributed by atoms with Crippen LogP contribution >= 0.6 is 0 Å². The Hall–Kier alpha value is -1.18. The van der Waals surface area contributed by atoms with Gasteiger partial charge in [-0.2, -0.15) is 0 Å².